The minimum absolute atomic E-state index is 0.0677. The lowest BCUT2D eigenvalue weighted by Crippen LogP contribution is -2.26. The van der Waals surface area contributed by atoms with Gasteiger partial charge >= 0.3 is 5.97 Å². The Hall–Kier alpha value is -1.84. The molecule has 0 saturated heterocycles. The van der Waals surface area contributed by atoms with Crippen molar-refractivity contribution in [2.45, 2.75) is 116 Å². The molecule has 0 N–H and O–H groups in total. The maximum Gasteiger partial charge on any atom is 0.305 e. The van der Waals surface area contributed by atoms with Gasteiger partial charge in [-0.05, 0) is 18.4 Å². The standard InChI is InChI=1S/C28H47NO3/c1-3-4-5-6-7-8-9-10-11-12-13-14-18-24-32-28(31)23-19-22-27(30)29(2)25-26-20-16-15-17-21-26/h15-17,20-21H,3-14,18-19,22-25H2,1-2H3. The lowest BCUT2D eigenvalue weighted by molar-refractivity contribution is -0.144. The Labute approximate surface area is 197 Å². The summed E-state index contributed by atoms with van der Waals surface area (Å²) in [6.45, 7) is 3.38. The van der Waals surface area contributed by atoms with Crippen molar-refractivity contribution in [2.75, 3.05) is 13.7 Å². The fourth-order valence-corrected chi connectivity index (χ4v) is 3.90. The number of hydrogen-bond donors (Lipinski definition) is 0. The second-order valence-electron chi connectivity index (χ2n) is 9.05. The smallest absolute Gasteiger partial charge is 0.305 e. The number of hydrogen-bond acceptors (Lipinski definition) is 3. The topological polar surface area (TPSA) is 46.6 Å². The van der Waals surface area contributed by atoms with Crippen LogP contribution in [0.25, 0.3) is 0 Å². The number of carbonyl (C=O) groups is 2. The van der Waals surface area contributed by atoms with Gasteiger partial charge in [0, 0.05) is 26.4 Å². The van der Waals surface area contributed by atoms with Crippen LogP contribution in [0.1, 0.15) is 115 Å². The second kappa shape index (κ2) is 19.8. The predicted molar refractivity (Wildman–Crippen MR) is 133 cm³/mol. The van der Waals surface area contributed by atoms with Crippen molar-refractivity contribution in [2.24, 2.45) is 0 Å². The van der Waals surface area contributed by atoms with Gasteiger partial charge in [-0.25, -0.2) is 0 Å². The van der Waals surface area contributed by atoms with Crippen LogP contribution >= 0.6 is 0 Å². The van der Waals surface area contributed by atoms with E-state index in [-0.39, 0.29) is 11.9 Å². The van der Waals surface area contributed by atoms with E-state index in [9.17, 15) is 9.59 Å². The van der Waals surface area contributed by atoms with Gasteiger partial charge in [-0.1, -0.05) is 114 Å². The molecule has 0 spiro atoms. The summed E-state index contributed by atoms with van der Waals surface area (Å²) in [5.74, 6) is -0.111. The molecule has 4 nitrogen and oxygen atoms in total. The molecule has 0 aromatic heterocycles. The van der Waals surface area contributed by atoms with Gasteiger partial charge in [0.05, 0.1) is 6.61 Å². The number of unbranched alkanes of at least 4 members (excludes halogenated alkanes) is 12. The highest BCUT2D eigenvalue weighted by molar-refractivity contribution is 5.77. The fraction of sp³-hybridized carbons (Fsp3) is 0.714. The molecule has 0 aliphatic heterocycles. The second-order valence-corrected chi connectivity index (χ2v) is 9.05. The van der Waals surface area contributed by atoms with Gasteiger partial charge in [0.25, 0.3) is 0 Å². The van der Waals surface area contributed by atoms with E-state index < -0.39 is 0 Å². The van der Waals surface area contributed by atoms with E-state index in [2.05, 4.69) is 6.92 Å². The van der Waals surface area contributed by atoms with Crippen LogP contribution in [0.5, 0.6) is 0 Å². The summed E-state index contributed by atoms with van der Waals surface area (Å²) >= 11 is 0. The van der Waals surface area contributed by atoms with Crippen LogP contribution in [0.15, 0.2) is 30.3 Å². The number of ether oxygens (including phenoxy) is 1. The molecule has 182 valence electrons. The van der Waals surface area contributed by atoms with Crippen molar-refractivity contribution in [3.8, 4) is 0 Å². The lowest BCUT2D eigenvalue weighted by Gasteiger charge is -2.17. The third-order valence-corrected chi connectivity index (χ3v) is 5.97. The largest absolute Gasteiger partial charge is 0.466 e. The first-order valence-electron chi connectivity index (χ1n) is 13.1. The highest BCUT2D eigenvalue weighted by atomic mass is 16.5. The molecule has 0 heterocycles. The molecule has 0 atom stereocenters. The highest BCUT2D eigenvalue weighted by Crippen LogP contribution is 2.13. The van der Waals surface area contributed by atoms with E-state index >= 15 is 0 Å². The predicted octanol–water partition coefficient (Wildman–Crippen LogP) is 7.45. The Morgan fingerprint density at radius 1 is 0.719 bits per heavy atom. The Morgan fingerprint density at radius 2 is 1.25 bits per heavy atom. The number of rotatable bonds is 20. The molecule has 0 aliphatic rings. The molecular weight excluding hydrogens is 398 g/mol. The summed E-state index contributed by atoms with van der Waals surface area (Å²) in [5.41, 5.74) is 1.11. The number of amides is 1. The zero-order valence-electron chi connectivity index (χ0n) is 20.8. The lowest BCUT2D eigenvalue weighted by atomic mass is 10.0. The molecule has 0 saturated carbocycles. The summed E-state index contributed by atoms with van der Waals surface area (Å²) in [6.07, 6.45) is 18.3. The van der Waals surface area contributed by atoms with Crippen molar-refractivity contribution in [1.82, 2.24) is 4.90 Å². The first-order chi connectivity index (χ1) is 15.6. The van der Waals surface area contributed by atoms with Gasteiger partial charge in [-0.3, -0.25) is 9.59 Å². The number of esters is 1. The zero-order valence-corrected chi connectivity index (χ0v) is 20.8. The van der Waals surface area contributed by atoms with E-state index in [0.717, 1.165) is 18.4 Å². The Kier molecular flexibility index (Phi) is 17.5. The summed E-state index contributed by atoms with van der Waals surface area (Å²) in [6, 6.07) is 9.94. The van der Waals surface area contributed by atoms with Crippen LogP contribution in [-0.2, 0) is 20.9 Å². The van der Waals surface area contributed by atoms with E-state index in [1.165, 1.54) is 70.6 Å². The van der Waals surface area contributed by atoms with Crippen molar-refractivity contribution >= 4 is 11.9 Å². The van der Waals surface area contributed by atoms with E-state index in [1.807, 2.05) is 37.4 Å². The molecule has 0 aliphatic carbocycles. The van der Waals surface area contributed by atoms with E-state index in [1.54, 1.807) is 4.90 Å². The molecule has 32 heavy (non-hydrogen) atoms. The van der Waals surface area contributed by atoms with Gasteiger partial charge in [-0.2, -0.15) is 0 Å². The zero-order chi connectivity index (χ0) is 23.3. The van der Waals surface area contributed by atoms with Gasteiger partial charge in [-0.15, -0.1) is 0 Å². The molecule has 0 fully saturated rings. The van der Waals surface area contributed by atoms with Crippen LogP contribution in [0, 0.1) is 0 Å². The average molecular weight is 446 g/mol. The van der Waals surface area contributed by atoms with Crippen molar-refractivity contribution in [3.05, 3.63) is 35.9 Å². The monoisotopic (exact) mass is 445 g/mol. The maximum atomic E-state index is 12.2. The Balaban J connectivity index is 1.88. The third kappa shape index (κ3) is 15.9. The number of nitrogens with zero attached hydrogens (tertiary/aromatic N) is 1. The molecular formula is C28H47NO3. The summed E-state index contributed by atoms with van der Waals surface area (Å²) < 4.78 is 5.32. The van der Waals surface area contributed by atoms with Crippen LogP contribution in [0.2, 0.25) is 0 Å². The van der Waals surface area contributed by atoms with Crippen LogP contribution in [-0.4, -0.2) is 30.4 Å². The molecule has 1 aromatic carbocycles. The molecule has 1 aromatic rings. The maximum absolute atomic E-state index is 12.2. The van der Waals surface area contributed by atoms with Gasteiger partial charge in [0.1, 0.15) is 0 Å². The fourth-order valence-electron chi connectivity index (χ4n) is 3.90. The number of benzene rings is 1. The van der Waals surface area contributed by atoms with Gasteiger partial charge in [0.15, 0.2) is 0 Å². The third-order valence-electron chi connectivity index (χ3n) is 5.97. The SMILES string of the molecule is CCCCCCCCCCCCCCCOC(=O)CCCC(=O)N(C)Cc1ccccc1. The summed E-state index contributed by atoms with van der Waals surface area (Å²) in [4.78, 5) is 25.8. The normalized spacial score (nSPS) is 10.8. The van der Waals surface area contributed by atoms with Crippen LogP contribution in [0.3, 0.4) is 0 Å². The van der Waals surface area contributed by atoms with Crippen molar-refractivity contribution in [3.63, 3.8) is 0 Å². The number of carbonyl (C=O) groups excluding carboxylic acids is 2. The minimum atomic E-state index is -0.178. The van der Waals surface area contributed by atoms with Crippen molar-refractivity contribution < 1.29 is 14.3 Å². The molecule has 0 bridgehead atoms. The quantitative estimate of drug-likeness (QED) is 0.155. The molecule has 1 rings (SSSR count). The Morgan fingerprint density at radius 3 is 1.81 bits per heavy atom. The van der Waals surface area contributed by atoms with Crippen LogP contribution < -0.4 is 0 Å². The first-order valence-corrected chi connectivity index (χ1v) is 13.1. The minimum Gasteiger partial charge on any atom is -0.466 e. The molecule has 0 unspecified atom stereocenters. The Bertz CT molecular complexity index is 588. The van der Waals surface area contributed by atoms with Gasteiger partial charge < -0.3 is 9.64 Å². The molecule has 0 radical (unpaired) electrons. The highest BCUT2D eigenvalue weighted by Gasteiger charge is 2.11. The molecule has 4 heteroatoms. The first kappa shape index (κ1) is 28.2. The molecule has 1 amide bonds. The summed E-state index contributed by atoms with van der Waals surface area (Å²) in [5, 5.41) is 0. The van der Waals surface area contributed by atoms with Crippen LogP contribution in [0.4, 0.5) is 0 Å². The van der Waals surface area contributed by atoms with E-state index in [4.69, 9.17) is 4.74 Å². The van der Waals surface area contributed by atoms with E-state index in [0.29, 0.717) is 32.4 Å². The van der Waals surface area contributed by atoms with Crippen molar-refractivity contribution in [1.29, 1.82) is 0 Å². The van der Waals surface area contributed by atoms with Gasteiger partial charge in [0.2, 0.25) is 5.91 Å². The average Bonchev–Trinajstić information content (AvgIpc) is 2.79. The summed E-state index contributed by atoms with van der Waals surface area (Å²) in [7, 11) is 1.81.